The van der Waals surface area contributed by atoms with Crippen molar-refractivity contribution in [2.75, 3.05) is 6.54 Å². The molecule has 2 aromatic rings. The highest BCUT2D eigenvalue weighted by Gasteiger charge is 2.35. The summed E-state index contributed by atoms with van der Waals surface area (Å²) in [5, 5.41) is 0. The van der Waals surface area contributed by atoms with Gasteiger partial charge >= 0.3 is 0 Å². The zero-order chi connectivity index (χ0) is 15.6. The molecular weight excluding hydrogens is 284 g/mol. The molecule has 1 saturated heterocycles. The van der Waals surface area contributed by atoms with E-state index in [1.54, 1.807) is 0 Å². The molecule has 0 bridgehead atoms. The first-order valence-electron chi connectivity index (χ1n) is 8.87. The van der Waals surface area contributed by atoms with Gasteiger partial charge in [-0.25, -0.2) is 0 Å². The molecule has 2 aliphatic rings. The van der Waals surface area contributed by atoms with Gasteiger partial charge in [0.15, 0.2) is 0 Å². The summed E-state index contributed by atoms with van der Waals surface area (Å²) in [6.45, 7) is 0.930. The van der Waals surface area contributed by atoms with Crippen LogP contribution in [0.15, 0.2) is 48.8 Å². The lowest BCUT2D eigenvalue weighted by Gasteiger charge is -2.44. The highest BCUT2D eigenvalue weighted by Crippen LogP contribution is 2.35. The van der Waals surface area contributed by atoms with E-state index in [2.05, 4.69) is 9.47 Å². The van der Waals surface area contributed by atoms with Gasteiger partial charge in [-0.15, -0.1) is 0 Å². The second-order valence-corrected chi connectivity index (χ2v) is 6.89. The van der Waals surface area contributed by atoms with E-state index < -0.39 is 0 Å². The number of rotatable bonds is 2. The van der Waals surface area contributed by atoms with Crippen molar-refractivity contribution in [3.8, 4) is 5.69 Å². The van der Waals surface area contributed by atoms with Crippen molar-refractivity contribution >= 4 is 5.91 Å². The van der Waals surface area contributed by atoms with Crippen LogP contribution in [0, 0.1) is 5.92 Å². The largest absolute Gasteiger partial charge is 0.335 e. The highest BCUT2D eigenvalue weighted by molar-refractivity contribution is 5.94. The monoisotopic (exact) mass is 308 g/mol. The molecule has 1 aliphatic heterocycles. The van der Waals surface area contributed by atoms with Crippen LogP contribution in [-0.4, -0.2) is 28.0 Å². The van der Waals surface area contributed by atoms with E-state index in [0.29, 0.717) is 6.04 Å². The summed E-state index contributed by atoms with van der Waals surface area (Å²) in [6.07, 6.45) is 11.6. The van der Waals surface area contributed by atoms with Crippen LogP contribution in [0.4, 0.5) is 0 Å². The van der Waals surface area contributed by atoms with Crippen molar-refractivity contribution in [1.82, 2.24) is 9.47 Å². The molecule has 0 unspecified atom stereocenters. The second kappa shape index (κ2) is 6.23. The maximum absolute atomic E-state index is 13.0. The minimum atomic E-state index is 0.223. The number of amides is 1. The van der Waals surface area contributed by atoms with Gasteiger partial charge in [-0.05, 0) is 68.0 Å². The quantitative estimate of drug-likeness (QED) is 0.813. The first-order chi connectivity index (χ1) is 11.3. The molecule has 3 nitrogen and oxygen atoms in total. The van der Waals surface area contributed by atoms with E-state index >= 15 is 0 Å². The van der Waals surface area contributed by atoms with Gasteiger partial charge in [-0.1, -0.05) is 12.8 Å². The Bertz CT molecular complexity index is 657. The summed E-state index contributed by atoms with van der Waals surface area (Å²) in [4.78, 5) is 15.1. The molecule has 1 amide bonds. The van der Waals surface area contributed by atoms with Crippen LogP contribution in [0.5, 0.6) is 0 Å². The predicted molar refractivity (Wildman–Crippen MR) is 91.8 cm³/mol. The van der Waals surface area contributed by atoms with Crippen LogP contribution >= 0.6 is 0 Å². The van der Waals surface area contributed by atoms with Crippen LogP contribution in [0.3, 0.4) is 0 Å². The predicted octanol–water partition coefficient (Wildman–Crippen LogP) is 4.27. The molecule has 2 fully saturated rings. The average molecular weight is 308 g/mol. The molecule has 1 aromatic carbocycles. The van der Waals surface area contributed by atoms with E-state index in [0.717, 1.165) is 30.1 Å². The second-order valence-electron chi connectivity index (χ2n) is 6.89. The van der Waals surface area contributed by atoms with Crippen molar-refractivity contribution < 1.29 is 4.79 Å². The number of likely N-dealkylation sites (tertiary alicyclic amines) is 1. The minimum absolute atomic E-state index is 0.223. The lowest BCUT2D eigenvalue weighted by molar-refractivity contribution is 0.0390. The zero-order valence-corrected chi connectivity index (χ0v) is 13.5. The third kappa shape index (κ3) is 2.80. The van der Waals surface area contributed by atoms with Crippen molar-refractivity contribution in [3.63, 3.8) is 0 Å². The molecule has 2 atom stereocenters. The molecule has 0 N–H and O–H groups in total. The maximum Gasteiger partial charge on any atom is 0.254 e. The molecule has 0 spiro atoms. The summed E-state index contributed by atoms with van der Waals surface area (Å²) in [6, 6.07) is 12.5. The van der Waals surface area contributed by atoms with Crippen molar-refractivity contribution in [2.45, 2.75) is 44.6 Å². The van der Waals surface area contributed by atoms with Gasteiger partial charge in [0.1, 0.15) is 0 Å². The van der Waals surface area contributed by atoms with Gasteiger partial charge in [-0.3, -0.25) is 4.79 Å². The molecule has 2 heterocycles. The Balaban J connectivity index is 1.54. The smallest absolute Gasteiger partial charge is 0.254 e. The lowest BCUT2D eigenvalue weighted by Crippen LogP contribution is -2.49. The van der Waals surface area contributed by atoms with E-state index in [1.165, 1.54) is 32.1 Å². The fourth-order valence-electron chi connectivity index (χ4n) is 4.33. The molecule has 0 radical (unpaired) electrons. The number of benzene rings is 1. The molecule has 3 heteroatoms. The summed E-state index contributed by atoms with van der Waals surface area (Å²) in [5.41, 5.74) is 1.92. The Morgan fingerprint density at radius 2 is 1.61 bits per heavy atom. The summed E-state index contributed by atoms with van der Waals surface area (Å²) in [5.74, 6) is 0.959. The third-order valence-corrected chi connectivity index (χ3v) is 5.52. The highest BCUT2D eigenvalue weighted by atomic mass is 16.2. The zero-order valence-electron chi connectivity index (χ0n) is 13.5. The van der Waals surface area contributed by atoms with Crippen LogP contribution in [0.25, 0.3) is 5.69 Å². The number of hydrogen-bond donors (Lipinski definition) is 0. The number of fused-ring (bicyclic) bond motifs is 1. The first kappa shape index (κ1) is 14.6. The minimum Gasteiger partial charge on any atom is -0.335 e. The fraction of sp³-hybridized carbons (Fsp3) is 0.450. The maximum atomic E-state index is 13.0. The van der Waals surface area contributed by atoms with Gasteiger partial charge in [0.05, 0.1) is 0 Å². The Morgan fingerprint density at radius 1 is 0.913 bits per heavy atom. The van der Waals surface area contributed by atoms with E-state index in [1.807, 2.05) is 48.8 Å². The standard InChI is InChI=1S/C20H24N2O/c23-20(22-15-5-7-16-6-1-2-8-19(16)22)17-9-11-18(12-10-17)21-13-3-4-14-21/h3-4,9-14,16,19H,1-2,5-8,15H2/t16-,19+/m0/s1. The SMILES string of the molecule is O=C(c1ccc(-n2cccc2)cc1)N1CCC[C@@H]2CCCC[C@H]21. The average Bonchev–Trinajstić information content (AvgIpc) is 3.15. The number of nitrogens with zero attached hydrogens (tertiary/aromatic N) is 2. The molecule has 1 aromatic heterocycles. The topological polar surface area (TPSA) is 25.2 Å². The van der Waals surface area contributed by atoms with Gasteiger partial charge in [-0.2, -0.15) is 0 Å². The number of piperidine rings is 1. The first-order valence-corrected chi connectivity index (χ1v) is 8.87. The molecular formula is C20H24N2O. The van der Waals surface area contributed by atoms with E-state index in [9.17, 15) is 4.79 Å². The molecule has 1 aliphatic carbocycles. The van der Waals surface area contributed by atoms with E-state index in [-0.39, 0.29) is 5.91 Å². The van der Waals surface area contributed by atoms with Crippen molar-refractivity contribution in [1.29, 1.82) is 0 Å². The van der Waals surface area contributed by atoms with Gasteiger partial charge in [0, 0.05) is 36.2 Å². The Hall–Kier alpha value is -2.03. The van der Waals surface area contributed by atoms with Crippen LogP contribution in [0.2, 0.25) is 0 Å². The Morgan fingerprint density at radius 3 is 2.39 bits per heavy atom. The van der Waals surface area contributed by atoms with Crippen molar-refractivity contribution in [2.24, 2.45) is 5.92 Å². The Kier molecular flexibility index (Phi) is 3.94. The summed E-state index contributed by atoms with van der Waals surface area (Å²) in [7, 11) is 0. The number of aromatic nitrogens is 1. The Labute approximate surface area is 137 Å². The van der Waals surface area contributed by atoms with E-state index in [4.69, 9.17) is 0 Å². The molecule has 23 heavy (non-hydrogen) atoms. The molecule has 1 saturated carbocycles. The third-order valence-electron chi connectivity index (χ3n) is 5.52. The van der Waals surface area contributed by atoms with Gasteiger partial charge in [0.2, 0.25) is 0 Å². The summed E-state index contributed by atoms with van der Waals surface area (Å²) < 4.78 is 2.06. The summed E-state index contributed by atoms with van der Waals surface area (Å²) >= 11 is 0. The van der Waals surface area contributed by atoms with Gasteiger partial charge < -0.3 is 9.47 Å². The van der Waals surface area contributed by atoms with Crippen LogP contribution in [0.1, 0.15) is 48.9 Å². The van der Waals surface area contributed by atoms with Crippen molar-refractivity contribution in [3.05, 3.63) is 54.4 Å². The molecule has 120 valence electrons. The molecule has 4 rings (SSSR count). The lowest BCUT2D eigenvalue weighted by atomic mass is 9.78. The number of carbonyl (C=O) groups is 1. The number of carbonyl (C=O) groups excluding carboxylic acids is 1. The van der Waals surface area contributed by atoms with Crippen LogP contribution in [-0.2, 0) is 0 Å². The number of hydrogen-bond acceptors (Lipinski definition) is 1. The van der Waals surface area contributed by atoms with Gasteiger partial charge in [0.25, 0.3) is 5.91 Å². The normalized spacial score (nSPS) is 24.3. The van der Waals surface area contributed by atoms with Crippen LogP contribution < -0.4 is 0 Å². The fourth-order valence-corrected chi connectivity index (χ4v) is 4.33.